The van der Waals surface area contributed by atoms with Crippen molar-refractivity contribution in [1.29, 1.82) is 5.26 Å². The Hall–Kier alpha value is -2.29. The van der Waals surface area contributed by atoms with Crippen molar-refractivity contribution in [3.63, 3.8) is 0 Å². The molecule has 0 amide bonds. The average molecular weight is 267 g/mol. The van der Waals surface area contributed by atoms with Crippen LogP contribution in [-0.4, -0.2) is 18.9 Å². The molecule has 0 bridgehead atoms. The molecule has 0 aliphatic carbocycles. The predicted molar refractivity (Wildman–Crippen MR) is 61.8 cm³/mol. The highest BCUT2D eigenvalue weighted by Gasteiger charge is 2.21. The molecule has 4 nitrogen and oxygen atoms in total. The van der Waals surface area contributed by atoms with Crippen LogP contribution in [0.1, 0.15) is 40.4 Å². The number of rotatable bonds is 5. The van der Waals surface area contributed by atoms with Gasteiger partial charge >= 0.3 is 5.97 Å². The number of ether oxygens (including phenoxy) is 1. The zero-order valence-corrected chi connectivity index (χ0v) is 10.2. The molecule has 1 aromatic rings. The summed E-state index contributed by atoms with van der Waals surface area (Å²) in [4.78, 5) is 22.2. The van der Waals surface area contributed by atoms with E-state index in [9.17, 15) is 18.4 Å². The molecule has 6 heteroatoms. The SMILES string of the molecule is CCOC(=O)Cc1c(C(F)F)ccc(C=O)c1C#N. The number of hydrogen-bond acceptors (Lipinski definition) is 4. The third-order valence-electron chi connectivity index (χ3n) is 2.48. The molecule has 0 aliphatic heterocycles. The first-order valence-corrected chi connectivity index (χ1v) is 5.49. The number of nitrogens with zero attached hydrogens (tertiary/aromatic N) is 1. The molecule has 0 N–H and O–H groups in total. The van der Waals surface area contributed by atoms with Crippen LogP contribution in [0.3, 0.4) is 0 Å². The summed E-state index contributed by atoms with van der Waals surface area (Å²) in [5, 5.41) is 8.97. The van der Waals surface area contributed by atoms with E-state index in [1.54, 1.807) is 13.0 Å². The lowest BCUT2D eigenvalue weighted by Gasteiger charge is -2.11. The first-order valence-electron chi connectivity index (χ1n) is 5.49. The van der Waals surface area contributed by atoms with E-state index in [1.807, 2.05) is 0 Å². The van der Waals surface area contributed by atoms with Gasteiger partial charge in [-0.3, -0.25) is 9.59 Å². The van der Waals surface area contributed by atoms with Gasteiger partial charge in [0.25, 0.3) is 6.43 Å². The number of benzene rings is 1. The van der Waals surface area contributed by atoms with E-state index in [-0.39, 0.29) is 23.3 Å². The van der Waals surface area contributed by atoms with Crippen LogP contribution >= 0.6 is 0 Å². The van der Waals surface area contributed by atoms with Gasteiger partial charge in [-0.1, -0.05) is 6.07 Å². The van der Waals surface area contributed by atoms with Crippen molar-refractivity contribution >= 4 is 12.3 Å². The van der Waals surface area contributed by atoms with E-state index in [2.05, 4.69) is 4.74 Å². The minimum Gasteiger partial charge on any atom is -0.466 e. The molecule has 0 aliphatic rings. The monoisotopic (exact) mass is 267 g/mol. The van der Waals surface area contributed by atoms with Crippen molar-refractivity contribution in [2.75, 3.05) is 6.61 Å². The lowest BCUT2D eigenvalue weighted by atomic mass is 9.95. The Labute approximate surface area is 108 Å². The highest BCUT2D eigenvalue weighted by Crippen LogP contribution is 2.27. The molecule has 19 heavy (non-hydrogen) atoms. The zero-order valence-electron chi connectivity index (χ0n) is 10.2. The normalized spacial score (nSPS) is 10.1. The smallest absolute Gasteiger partial charge is 0.310 e. The molecule has 0 spiro atoms. The fourth-order valence-corrected chi connectivity index (χ4v) is 1.66. The minimum atomic E-state index is -2.84. The fourth-order valence-electron chi connectivity index (χ4n) is 1.66. The molecule has 0 fully saturated rings. The third kappa shape index (κ3) is 3.35. The van der Waals surface area contributed by atoms with E-state index in [4.69, 9.17) is 5.26 Å². The standard InChI is InChI=1S/C13H11F2NO3/c1-2-19-12(18)5-10-9(13(14)15)4-3-8(7-17)11(10)6-16/h3-4,7,13H,2,5H2,1H3. The second kappa shape index (κ2) is 6.59. The molecule has 1 aromatic carbocycles. The summed E-state index contributed by atoms with van der Waals surface area (Å²) in [7, 11) is 0. The molecule has 0 saturated heterocycles. The number of halogens is 2. The summed E-state index contributed by atoms with van der Waals surface area (Å²) in [6.45, 7) is 1.69. The van der Waals surface area contributed by atoms with E-state index in [1.165, 1.54) is 0 Å². The van der Waals surface area contributed by atoms with Gasteiger partial charge in [-0.05, 0) is 18.6 Å². The van der Waals surface area contributed by atoms with Gasteiger partial charge in [0.1, 0.15) is 6.07 Å². The van der Waals surface area contributed by atoms with Gasteiger partial charge < -0.3 is 4.74 Å². The summed E-state index contributed by atoms with van der Waals surface area (Å²) >= 11 is 0. The highest BCUT2D eigenvalue weighted by molar-refractivity contribution is 5.82. The van der Waals surface area contributed by atoms with E-state index in [0.717, 1.165) is 12.1 Å². The fraction of sp³-hybridized carbons (Fsp3) is 0.308. The molecule has 0 saturated carbocycles. The van der Waals surface area contributed by atoms with Crippen LogP contribution in [-0.2, 0) is 16.0 Å². The molecule has 100 valence electrons. The average Bonchev–Trinajstić information content (AvgIpc) is 2.37. The number of nitriles is 1. The van der Waals surface area contributed by atoms with Crippen LogP contribution in [0.25, 0.3) is 0 Å². The first-order chi connectivity index (χ1) is 9.04. The Bertz CT molecular complexity index is 535. The van der Waals surface area contributed by atoms with Crippen molar-refractivity contribution in [3.8, 4) is 6.07 Å². The van der Waals surface area contributed by atoms with Gasteiger partial charge in [-0.25, -0.2) is 8.78 Å². The molecule has 0 unspecified atom stereocenters. The van der Waals surface area contributed by atoms with Gasteiger partial charge in [0.15, 0.2) is 6.29 Å². The van der Waals surface area contributed by atoms with Gasteiger partial charge in [0.05, 0.1) is 18.6 Å². The van der Waals surface area contributed by atoms with Crippen LogP contribution in [0, 0.1) is 11.3 Å². The zero-order chi connectivity index (χ0) is 14.4. The molecule has 1 rings (SSSR count). The predicted octanol–water partition coefficient (Wildman–Crippen LogP) is 2.41. The topological polar surface area (TPSA) is 67.2 Å². The maximum absolute atomic E-state index is 12.9. The van der Waals surface area contributed by atoms with Gasteiger partial charge in [-0.2, -0.15) is 5.26 Å². The lowest BCUT2D eigenvalue weighted by molar-refractivity contribution is -0.142. The quantitative estimate of drug-likeness (QED) is 0.607. The number of alkyl halides is 2. The van der Waals surface area contributed by atoms with Gasteiger partial charge in [0, 0.05) is 11.1 Å². The summed E-state index contributed by atoms with van der Waals surface area (Å²) in [6.07, 6.45) is -2.90. The third-order valence-corrected chi connectivity index (χ3v) is 2.48. The number of hydrogen-bond donors (Lipinski definition) is 0. The summed E-state index contributed by atoms with van der Waals surface area (Å²) in [5.74, 6) is -0.719. The number of carbonyl (C=O) groups excluding carboxylic acids is 2. The number of aldehydes is 1. The molecule has 0 aromatic heterocycles. The number of esters is 1. The molecule has 0 atom stereocenters. The van der Waals surface area contributed by atoms with Crippen LogP contribution < -0.4 is 0 Å². The Morgan fingerprint density at radius 1 is 1.53 bits per heavy atom. The lowest BCUT2D eigenvalue weighted by Crippen LogP contribution is -2.12. The molecular formula is C13H11F2NO3. The van der Waals surface area contributed by atoms with E-state index >= 15 is 0 Å². The Morgan fingerprint density at radius 2 is 2.21 bits per heavy atom. The van der Waals surface area contributed by atoms with Crippen LogP contribution in [0.5, 0.6) is 0 Å². The Kier molecular flexibility index (Phi) is 5.12. The Balaban J connectivity index is 3.34. The largest absolute Gasteiger partial charge is 0.466 e. The molecule has 0 radical (unpaired) electrons. The summed E-state index contributed by atoms with van der Waals surface area (Å²) < 4.78 is 30.4. The summed E-state index contributed by atoms with van der Waals surface area (Å²) in [5.41, 5.74) is -0.817. The van der Waals surface area contributed by atoms with E-state index in [0.29, 0.717) is 6.29 Å². The minimum absolute atomic E-state index is 0.0220. The van der Waals surface area contributed by atoms with Crippen molar-refractivity contribution < 1.29 is 23.1 Å². The van der Waals surface area contributed by atoms with Crippen molar-refractivity contribution in [2.24, 2.45) is 0 Å². The van der Waals surface area contributed by atoms with Crippen molar-refractivity contribution in [1.82, 2.24) is 0 Å². The van der Waals surface area contributed by atoms with Crippen molar-refractivity contribution in [3.05, 3.63) is 34.4 Å². The van der Waals surface area contributed by atoms with E-state index < -0.39 is 24.4 Å². The summed E-state index contributed by atoms with van der Waals surface area (Å²) in [6, 6.07) is 3.87. The second-order valence-electron chi connectivity index (χ2n) is 3.61. The Morgan fingerprint density at radius 3 is 2.68 bits per heavy atom. The van der Waals surface area contributed by atoms with Crippen LogP contribution in [0.15, 0.2) is 12.1 Å². The van der Waals surface area contributed by atoms with Crippen molar-refractivity contribution in [2.45, 2.75) is 19.8 Å². The maximum Gasteiger partial charge on any atom is 0.310 e. The number of carbonyl (C=O) groups is 2. The van der Waals surface area contributed by atoms with Crippen LogP contribution in [0.2, 0.25) is 0 Å². The van der Waals surface area contributed by atoms with Crippen LogP contribution in [0.4, 0.5) is 8.78 Å². The first kappa shape index (κ1) is 14.8. The molecule has 0 heterocycles. The second-order valence-corrected chi connectivity index (χ2v) is 3.61. The highest BCUT2D eigenvalue weighted by atomic mass is 19.3. The maximum atomic E-state index is 12.9. The van der Waals surface area contributed by atoms with Gasteiger partial charge in [0.2, 0.25) is 0 Å². The van der Waals surface area contributed by atoms with Gasteiger partial charge in [-0.15, -0.1) is 0 Å². The molecular weight excluding hydrogens is 256 g/mol.